The first-order chi connectivity index (χ1) is 15.4. The van der Waals surface area contributed by atoms with E-state index in [9.17, 15) is 14.4 Å². The molecule has 9 nitrogen and oxygen atoms in total. The lowest BCUT2D eigenvalue weighted by Crippen LogP contribution is -2.39. The third-order valence-electron chi connectivity index (χ3n) is 5.59. The molecule has 1 atom stereocenters. The highest BCUT2D eigenvalue weighted by Crippen LogP contribution is 2.25. The van der Waals surface area contributed by atoms with Gasteiger partial charge in [0.15, 0.2) is 0 Å². The van der Waals surface area contributed by atoms with Gasteiger partial charge in [-0.15, -0.1) is 0 Å². The molecule has 0 bridgehead atoms. The minimum Gasteiger partial charge on any atom is -0.481 e. The number of anilines is 1. The van der Waals surface area contributed by atoms with Gasteiger partial charge in [0.05, 0.1) is 24.0 Å². The second kappa shape index (κ2) is 8.70. The summed E-state index contributed by atoms with van der Waals surface area (Å²) in [6.45, 7) is 3.05. The number of fused-ring (bicyclic) bond motifs is 2. The summed E-state index contributed by atoms with van der Waals surface area (Å²) in [5, 5.41) is 12.1. The Morgan fingerprint density at radius 3 is 2.75 bits per heavy atom. The Morgan fingerprint density at radius 1 is 1.25 bits per heavy atom. The van der Waals surface area contributed by atoms with Gasteiger partial charge in [0, 0.05) is 31.4 Å². The Labute approximate surface area is 185 Å². The molecule has 2 aromatic carbocycles. The molecule has 2 heterocycles. The number of para-hydroxylation sites is 2. The normalized spacial score (nSPS) is 15.8. The van der Waals surface area contributed by atoms with Crippen LogP contribution in [-0.2, 0) is 22.7 Å². The predicted molar refractivity (Wildman–Crippen MR) is 119 cm³/mol. The zero-order valence-electron chi connectivity index (χ0n) is 18.0. The number of nitrogens with one attached hydrogen (secondary N) is 2. The van der Waals surface area contributed by atoms with E-state index in [4.69, 9.17) is 5.11 Å². The van der Waals surface area contributed by atoms with E-state index in [-0.39, 0.29) is 24.8 Å². The van der Waals surface area contributed by atoms with E-state index in [1.807, 2.05) is 31.2 Å². The van der Waals surface area contributed by atoms with Crippen LogP contribution in [0.1, 0.15) is 35.1 Å². The number of aromatic amines is 1. The Bertz CT molecular complexity index is 1160. The number of amides is 2. The van der Waals surface area contributed by atoms with Gasteiger partial charge in [-0.1, -0.05) is 12.1 Å². The number of aromatic nitrogens is 2. The fourth-order valence-corrected chi connectivity index (χ4v) is 3.93. The van der Waals surface area contributed by atoms with Crippen molar-refractivity contribution in [2.75, 3.05) is 18.9 Å². The van der Waals surface area contributed by atoms with Gasteiger partial charge in [-0.3, -0.25) is 14.4 Å². The van der Waals surface area contributed by atoms with Crippen LogP contribution in [0.25, 0.3) is 11.0 Å². The fourth-order valence-electron chi connectivity index (χ4n) is 3.93. The molecule has 0 saturated heterocycles. The summed E-state index contributed by atoms with van der Waals surface area (Å²) in [6, 6.07) is 12.1. The molecule has 1 aliphatic rings. The predicted octanol–water partition coefficient (Wildman–Crippen LogP) is 2.45. The summed E-state index contributed by atoms with van der Waals surface area (Å²) in [7, 11) is 1.63. The van der Waals surface area contributed by atoms with E-state index in [0.29, 0.717) is 30.2 Å². The topological polar surface area (TPSA) is 119 Å². The summed E-state index contributed by atoms with van der Waals surface area (Å²) < 4.78 is 0. The standard InChI is InChI=1S/C23H25N5O4/c1-3-28(13-20-25-17-6-4-5-7-18(17)26-20)22(31)14-8-9-16-15(10-14)12-27(2)23(32)19(24-16)11-21(29)30/h4-10,19,24H,3,11-13H2,1-2H3,(H,25,26)(H,29,30)/t19-/m0/s1. The van der Waals surface area contributed by atoms with Gasteiger partial charge in [0.2, 0.25) is 5.91 Å². The Hall–Kier alpha value is -3.88. The lowest BCUT2D eigenvalue weighted by atomic mass is 10.1. The maximum atomic E-state index is 13.2. The maximum absolute atomic E-state index is 13.2. The lowest BCUT2D eigenvalue weighted by Gasteiger charge is -2.21. The Kier molecular flexibility index (Phi) is 5.81. The van der Waals surface area contributed by atoms with Crippen molar-refractivity contribution in [3.63, 3.8) is 0 Å². The lowest BCUT2D eigenvalue weighted by molar-refractivity contribution is -0.141. The number of imidazole rings is 1. The highest BCUT2D eigenvalue weighted by atomic mass is 16.4. The molecule has 3 aromatic rings. The van der Waals surface area contributed by atoms with Gasteiger partial charge >= 0.3 is 5.97 Å². The Balaban J connectivity index is 1.56. The minimum atomic E-state index is -1.05. The average Bonchev–Trinajstić information content (AvgIpc) is 3.14. The van der Waals surface area contributed by atoms with Crippen LogP contribution in [0.4, 0.5) is 5.69 Å². The molecule has 0 fully saturated rings. The smallest absolute Gasteiger partial charge is 0.305 e. The zero-order valence-corrected chi connectivity index (χ0v) is 18.0. The van der Waals surface area contributed by atoms with Crippen LogP contribution in [0.15, 0.2) is 42.5 Å². The molecule has 32 heavy (non-hydrogen) atoms. The van der Waals surface area contributed by atoms with Crippen LogP contribution in [0.5, 0.6) is 0 Å². The van der Waals surface area contributed by atoms with Crippen LogP contribution in [0.2, 0.25) is 0 Å². The summed E-state index contributed by atoms with van der Waals surface area (Å²) >= 11 is 0. The van der Waals surface area contributed by atoms with Crippen molar-refractivity contribution in [1.29, 1.82) is 0 Å². The molecule has 1 aliphatic heterocycles. The number of H-pyrrole nitrogens is 1. The number of carbonyl (C=O) groups excluding carboxylic acids is 2. The molecule has 2 amide bonds. The number of nitrogens with zero attached hydrogens (tertiary/aromatic N) is 3. The quantitative estimate of drug-likeness (QED) is 0.547. The SMILES string of the molecule is CCN(Cc1nc2ccccc2[nH]1)C(=O)c1ccc2c(c1)CN(C)C(=O)[C@H](CC(=O)O)N2. The van der Waals surface area contributed by atoms with Crippen LogP contribution in [0, 0.1) is 0 Å². The van der Waals surface area contributed by atoms with Crippen LogP contribution >= 0.6 is 0 Å². The number of carbonyl (C=O) groups is 3. The fraction of sp³-hybridized carbons (Fsp3) is 0.304. The van der Waals surface area contributed by atoms with Gasteiger partial charge in [0.1, 0.15) is 11.9 Å². The second-order valence-corrected chi connectivity index (χ2v) is 7.88. The molecule has 166 valence electrons. The van der Waals surface area contributed by atoms with Crippen molar-refractivity contribution in [3.8, 4) is 0 Å². The van der Waals surface area contributed by atoms with E-state index in [2.05, 4.69) is 15.3 Å². The monoisotopic (exact) mass is 435 g/mol. The van der Waals surface area contributed by atoms with Crippen molar-refractivity contribution in [2.24, 2.45) is 0 Å². The molecule has 0 saturated carbocycles. The van der Waals surface area contributed by atoms with E-state index < -0.39 is 12.0 Å². The molecule has 4 rings (SSSR count). The summed E-state index contributed by atoms with van der Waals surface area (Å²) in [5.41, 5.74) is 3.70. The first kappa shape index (κ1) is 21.4. The average molecular weight is 435 g/mol. The summed E-state index contributed by atoms with van der Waals surface area (Å²) in [5.74, 6) is -0.782. The van der Waals surface area contributed by atoms with Gasteiger partial charge in [-0.05, 0) is 42.8 Å². The molecule has 0 radical (unpaired) electrons. The van der Waals surface area contributed by atoms with Crippen LogP contribution in [0.3, 0.4) is 0 Å². The minimum absolute atomic E-state index is 0.143. The number of hydrogen-bond acceptors (Lipinski definition) is 5. The van der Waals surface area contributed by atoms with Crippen LogP contribution < -0.4 is 5.32 Å². The maximum Gasteiger partial charge on any atom is 0.305 e. The third-order valence-corrected chi connectivity index (χ3v) is 5.59. The second-order valence-electron chi connectivity index (χ2n) is 7.88. The molecule has 3 N–H and O–H groups in total. The Morgan fingerprint density at radius 2 is 2.03 bits per heavy atom. The van der Waals surface area contributed by atoms with E-state index in [1.54, 1.807) is 30.1 Å². The number of carboxylic acids is 1. The molecular formula is C23H25N5O4. The molecule has 1 aromatic heterocycles. The van der Waals surface area contributed by atoms with Gasteiger partial charge < -0.3 is 25.2 Å². The molecular weight excluding hydrogens is 410 g/mol. The largest absolute Gasteiger partial charge is 0.481 e. The molecule has 0 spiro atoms. The highest BCUT2D eigenvalue weighted by Gasteiger charge is 2.29. The van der Waals surface area contributed by atoms with Gasteiger partial charge in [-0.2, -0.15) is 0 Å². The third kappa shape index (κ3) is 4.27. The van der Waals surface area contributed by atoms with Gasteiger partial charge in [0.25, 0.3) is 5.91 Å². The summed E-state index contributed by atoms with van der Waals surface area (Å²) in [4.78, 5) is 47.9. The van der Waals surface area contributed by atoms with Crippen molar-refractivity contribution in [1.82, 2.24) is 19.8 Å². The molecule has 0 aliphatic carbocycles. The molecule has 9 heteroatoms. The zero-order chi connectivity index (χ0) is 22.8. The van der Waals surface area contributed by atoms with Crippen molar-refractivity contribution >= 4 is 34.5 Å². The number of benzene rings is 2. The van der Waals surface area contributed by atoms with E-state index in [1.165, 1.54) is 4.90 Å². The summed E-state index contributed by atoms with van der Waals surface area (Å²) in [6.07, 6.45) is -0.315. The van der Waals surface area contributed by atoms with Crippen molar-refractivity contribution in [3.05, 3.63) is 59.4 Å². The van der Waals surface area contributed by atoms with Gasteiger partial charge in [-0.25, -0.2) is 4.98 Å². The number of likely N-dealkylation sites (N-methyl/N-ethyl adjacent to an activating group) is 1. The highest BCUT2D eigenvalue weighted by molar-refractivity contribution is 5.96. The van der Waals surface area contributed by atoms with E-state index in [0.717, 1.165) is 16.6 Å². The number of aliphatic carboxylic acids is 1. The number of carboxylic acid groups (broad SMARTS) is 1. The van der Waals surface area contributed by atoms with Crippen LogP contribution in [-0.4, -0.2) is 62.3 Å². The van der Waals surface area contributed by atoms with Crippen molar-refractivity contribution < 1.29 is 19.5 Å². The first-order valence-corrected chi connectivity index (χ1v) is 10.4. The van der Waals surface area contributed by atoms with Crippen molar-refractivity contribution in [2.45, 2.75) is 32.5 Å². The molecule has 0 unspecified atom stereocenters. The number of rotatable bonds is 6. The first-order valence-electron chi connectivity index (χ1n) is 10.4. The van der Waals surface area contributed by atoms with E-state index >= 15 is 0 Å². The number of hydrogen-bond donors (Lipinski definition) is 3.